The molecule has 5 nitrogen and oxygen atoms in total. The molecule has 2 N–H and O–H groups in total. The number of amides is 1. The minimum atomic E-state index is -5.08. The lowest BCUT2D eigenvalue weighted by Gasteiger charge is -2.05. The highest BCUT2D eigenvalue weighted by Gasteiger charge is 2.38. The number of pyridine rings is 1. The number of carbonyl (C=O) groups excluding carboxylic acids is 1. The van der Waals surface area contributed by atoms with Crippen molar-refractivity contribution in [1.82, 2.24) is 10.3 Å². The molecule has 0 spiro atoms. The minimum Gasteiger partial charge on any atom is -0.475 e. The predicted molar refractivity (Wildman–Crippen MR) is 85.4 cm³/mol. The van der Waals surface area contributed by atoms with Crippen LogP contribution in [0.25, 0.3) is 0 Å². The van der Waals surface area contributed by atoms with Crippen LogP contribution in [0.5, 0.6) is 0 Å². The molecule has 2 rings (SSSR count). The number of halogens is 4. The Balaban J connectivity index is 0.000000381. The van der Waals surface area contributed by atoms with E-state index in [1.807, 2.05) is 24.3 Å². The topological polar surface area (TPSA) is 79.3 Å². The number of hydrogen-bond acceptors (Lipinski definition) is 3. The number of nitrogens with zero attached hydrogens (tertiary/aromatic N) is 1. The highest BCUT2D eigenvalue weighted by molar-refractivity contribution is 6.30. The number of carbonyl (C=O) groups is 2. The van der Waals surface area contributed by atoms with Crippen LogP contribution in [0.3, 0.4) is 0 Å². The molecule has 0 radical (unpaired) electrons. The normalized spacial score (nSPS) is 10.4. The van der Waals surface area contributed by atoms with Gasteiger partial charge >= 0.3 is 12.1 Å². The fraction of sp³-hybridized carbons (Fsp3) is 0.188. The molecule has 0 fully saturated rings. The third-order valence-electron chi connectivity index (χ3n) is 2.73. The van der Waals surface area contributed by atoms with Crippen molar-refractivity contribution in [3.8, 4) is 0 Å². The molecule has 1 aromatic carbocycles. The summed E-state index contributed by atoms with van der Waals surface area (Å²) in [5, 5.41) is 10.7. The molecule has 0 aliphatic rings. The summed E-state index contributed by atoms with van der Waals surface area (Å²) >= 11 is 5.88. The van der Waals surface area contributed by atoms with Gasteiger partial charge in [-0.15, -0.1) is 0 Å². The van der Waals surface area contributed by atoms with Crippen LogP contribution in [0.15, 0.2) is 48.7 Å². The van der Waals surface area contributed by atoms with Crippen LogP contribution in [0, 0.1) is 0 Å². The van der Waals surface area contributed by atoms with Gasteiger partial charge in [0.25, 0.3) is 5.91 Å². The molecule has 0 aliphatic carbocycles. The molecule has 0 atom stereocenters. The zero-order valence-electron chi connectivity index (χ0n) is 12.8. The highest BCUT2D eigenvalue weighted by Crippen LogP contribution is 2.13. The van der Waals surface area contributed by atoms with Gasteiger partial charge in [0.15, 0.2) is 0 Å². The van der Waals surface area contributed by atoms with Crippen molar-refractivity contribution in [3.63, 3.8) is 0 Å². The second-order valence-electron chi connectivity index (χ2n) is 4.65. The van der Waals surface area contributed by atoms with Crippen LogP contribution in [0.4, 0.5) is 13.2 Å². The van der Waals surface area contributed by atoms with E-state index < -0.39 is 12.1 Å². The summed E-state index contributed by atoms with van der Waals surface area (Å²) in [7, 11) is 0. The summed E-state index contributed by atoms with van der Waals surface area (Å²) in [4.78, 5) is 24.6. The predicted octanol–water partition coefficient (Wildman–Crippen LogP) is 3.34. The first kappa shape index (κ1) is 20.4. The maximum atomic E-state index is 11.7. The van der Waals surface area contributed by atoms with Crippen LogP contribution in [0.2, 0.25) is 5.02 Å². The number of hydrogen-bond donors (Lipinski definition) is 2. The first-order valence-electron chi connectivity index (χ1n) is 6.94. The quantitative estimate of drug-likeness (QED) is 0.860. The van der Waals surface area contributed by atoms with E-state index in [2.05, 4.69) is 10.3 Å². The molecular weight excluding hydrogens is 361 g/mol. The van der Waals surface area contributed by atoms with Crippen LogP contribution < -0.4 is 5.32 Å². The molecule has 0 saturated carbocycles. The van der Waals surface area contributed by atoms with E-state index in [1.165, 1.54) is 0 Å². The van der Waals surface area contributed by atoms with Gasteiger partial charge in [-0.2, -0.15) is 13.2 Å². The molecule has 0 aliphatic heterocycles. The largest absolute Gasteiger partial charge is 0.490 e. The standard InChI is InChI=1S/C14H13ClN2O.C2HF3O2/c15-12-5-3-4-11(10-12)7-9-17-14(18)13-6-1-2-8-16-13;3-2(4,5)1(6)7/h1-6,8,10H,7,9H2,(H,17,18);(H,6,7). The Labute approximate surface area is 146 Å². The van der Waals surface area contributed by atoms with E-state index in [9.17, 15) is 18.0 Å². The molecule has 9 heteroatoms. The van der Waals surface area contributed by atoms with Gasteiger partial charge in [-0.25, -0.2) is 4.79 Å². The van der Waals surface area contributed by atoms with E-state index in [0.717, 1.165) is 12.0 Å². The van der Waals surface area contributed by atoms with Crippen molar-refractivity contribution in [3.05, 3.63) is 64.9 Å². The van der Waals surface area contributed by atoms with Gasteiger partial charge < -0.3 is 10.4 Å². The molecule has 0 bridgehead atoms. The fourth-order valence-electron chi connectivity index (χ4n) is 1.60. The minimum absolute atomic E-state index is 0.155. The second-order valence-corrected chi connectivity index (χ2v) is 5.09. The summed E-state index contributed by atoms with van der Waals surface area (Å²) < 4.78 is 31.7. The smallest absolute Gasteiger partial charge is 0.475 e. The van der Waals surface area contributed by atoms with E-state index in [0.29, 0.717) is 17.3 Å². The van der Waals surface area contributed by atoms with E-state index in [1.54, 1.807) is 24.4 Å². The Morgan fingerprint density at radius 1 is 1.16 bits per heavy atom. The van der Waals surface area contributed by atoms with Gasteiger partial charge in [0.2, 0.25) is 0 Å². The number of aliphatic carboxylic acids is 1. The van der Waals surface area contributed by atoms with Crippen LogP contribution in [-0.2, 0) is 11.2 Å². The van der Waals surface area contributed by atoms with Crippen molar-refractivity contribution in [2.75, 3.05) is 6.54 Å². The van der Waals surface area contributed by atoms with Gasteiger partial charge in [0.05, 0.1) is 0 Å². The Morgan fingerprint density at radius 3 is 2.36 bits per heavy atom. The maximum absolute atomic E-state index is 11.7. The average Bonchev–Trinajstić information content (AvgIpc) is 2.55. The number of aromatic nitrogens is 1. The van der Waals surface area contributed by atoms with Gasteiger partial charge in [-0.1, -0.05) is 29.8 Å². The molecule has 2 aromatic rings. The van der Waals surface area contributed by atoms with Gasteiger partial charge in [0.1, 0.15) is 5.69 Å². The second kappa shape index (κ2) is 9.63. The van der Waals surface area contributed by atoms with E-state index >= 15 is 0 Å². The van der Waals surface area contributed by atoms with Gasteiger partial charge in [0, 0.05) is 17.8 Å². The third kappa shape index (κ3) is 8.16. The molecule has 1 amide bonds. The number of carboxylic acids is 1. The molecule has 0 saturated heterocycles. The van der Waals surface area contributed by atoms with Crippen molar-refractivity contribution in [1.29, 1.82) is 0 Å². The number of carboxylic acid groups (broad SMARTS) is 1. The number of nitrogens with one attached hydrogen (secondary N) is 1. The van der Waals surface area contributed by atoms with Crippen LogP contribution in [0.1, 0.15) is 16.1 Å². The summed E-state index contributed by atoms with van der Waals surface area (Å²) in [6, 6.07) is 12.9. The first-order chi connectivity index (χ1) is 11.7. The van der Waals surface area contributed by atoms with Crippen molar-refractivity contribution >= 4 is 23.5 Å². The Bertz CT molecular complexity index is 709. The summed E-state index contributed by atoms with van der Waals surface area (Å²) in [6.45, 7) is 0.565. The molecule has 134 valence electrons. The number of benzene rings is 1. The fourth-order valence-corrected chi connectivity index (χ4v) is 1.81. The number of rotatable bonds is 4. The monoisotopic (exact) mass is 374 g/mol. The maximum Gasteiger partial charge on any atom is 0.490 e. The summed E-state index contributed by atoms with van der Waals surface area (Å²) in [6.07, 6.45) is -2.73. The van der Waals surface area contributed by atoms with Crippen molar-refractivity contribution in [2.24, 2.45) is 0 Å². The Hall–Kier alpha value is -2.61. The third-order valence-corrected chi connectivity index (χ3v) is 2.96. The van der Waals surface area contributed by atoms with Crippen LogP contribution >= 0.6 is 11.6 Å². The Kier molecular flexibility index (Phi) is 7.87. The SMILES string of the molecule is O=C(NCCc1cccc(Cl)c1)c1ccccn1.O=C(O)C(F)(F)F. The van der Waals surface area contributed by atoms with Gasteiger partial charge in [-0.3, -0.25) is 9.78 Å². The molecular formula is C16H14ClF3N2O3. The zero-order valence-corrected chi connectivity index (χ0v) is 13.5. The van der Waals surface area contributed by atoms with Crippen LogP contribution in [-0.4, -0.2) is 34.7 Å². The zero-order chi connectivity index (χ0) is 18.9. The average molecular weight is 375 g/mol. The summed E-state index contributed by atoms with van der Waals surface area (Å²) in [5.74, 6) is -2.91. The number of alkyl halides is 3. The van der Waals surface area contributed by atoms with Crippen molar-refractivity contribution < 1.29 is 27.9 Å². The molecule has 1 heterocycles. The summed E-state index contributed by atoms with van der Waals surface area (Å²) in [5.41, 5.74) is 1.53. The molecule has 1 aromatic heterocycles. The lowest BCUT2D eigenvalue weighted by atomic mass is 10.1. The molecule has 0 unspecified atom stereocenters. The highest BCUT2D eigenvalue weighted by atomic mass is 35.5. The molecule has 25 heavy (non-hydrogen) atoms. The lowest BCUT2D eigenvalue weighted by molar-refractivity contribution is -0.192. The van der Waals surface area contributed by atoms with E-state index in [-0.39, 0.29) is 5.91 Å². The van der Waals surface area contributed by atoms with E-state index in [4.69, 9.17) is 21.5 Å². The van der Waals surface area contributed by atoms with Gasteiger partial charge in [-0.05, 0) is 36.2 Å². The first-order valence-corrected chi connectivity index (χ1v) is 7.31. The Morgan fingerprint density at radius 2 is 1.84 bits per heavy atom. The lowest BCUT2D eigenvalue weighted by Crippen LogP contribution is -2.26. The van der Waals surface area contributed by atoms with Crippen molar-refractivity contribution in [2.45, 2.75) is 12.6 Å².